The van der Waals surface area contributed by atoms with Crippen LogP contribution in [0.5, 0.6) is 5.75 Å². The number of nitrogens with zero attached hydrogens (tertiary/aromatic N) is 3. The van der Waals surface area contributed by atoms with Gasteiger partial charge in [-0.05, 0) is 61.7 Å². The van der Waals surface area contributed by atoms with Crippen molar-refractivity contribution in [3.63, 3.8) is 0 Å². The highest BCUT2D eigenvalue weighted by molar-refractivity contribution is 5.96. The summed E-state index contributed by atoms with van der Waals surface area (Å²) in [4.78, 5) is 33.7. The molecule has 0 saturated heterocycles. The van der Waals surface area contributed by atoms with Crippen LogP contribution >= 0.6 is 0 Å². The summed E-state index contributed by atoms with van der Waals surface area (Å²) in [6.45, 7) is 2.19. The number of nitrogens with two attached hydrogens (primary N) is 2. The molecule has 2 heterocycles. The van der Waals surface area contributed by atoms with Gasteiger partial charge in [0, 0.05) is 42.3 Å². The predicted octanol–water partition coefficient (Wildman–Crippen LogP) is 2.26. The van der Waals surface area contributed by atoms with E-state index in [1.807, 2.05) is 6.92 Å². The van der Waals surface area contributed by atoms with Gasteiger partial charge in [-0.3, -0.25) is 14.0 Å². The molecule has 0 fully saturated rings. The fraction of sp³-hybridized carbons (Fsp3) is 0.333. The number of halogens is 2. The van der Waals surface area contributed by atoms with Crippen LogP contribution in [-0.2, 0) is 11.2 Å². The normalized spacial score (nSPS) is 12.5. The van der Waals surface area contributed by atoms with Gasteiger partial charge < -0.3 is 37.3 Å². The molecule has 4 aromatic rings. The van der Waals surface area contributed by atoms with Crippen LogP contribution < -0.4 is 32.2 Å². The third-order valence-electron chi connectivity index (χ3n) is 7.03. The number of rotatable bonds is 14. The van der Waals surface area contributed by atoms with Gasteiger partial charge >= 0.3 is 0 Å². The van der Waals surface area contributed by atoms with Crippen molar-refractivity contribution in [2.24, 2.45) is 11.5 Å². The van der Waals surface area contributed by atoms with E-state index in [0.29, 0.717) is 54.2 Å². The number of anilines is 2. The van der Waals surface area contributed by atoms with Crippen molar-refractivity contribution in [3.05, 3.63) is 71.7 Å². The van der Waals surface area contributed by atoms with Gasteiger partial charge in [0.25, 0.3) is 5.91 Å². The first kappa shape index (κ1) is 32.3. The quantitative estimate of drug-likeness (QED) is 0.125. The van der Waals surface area contributed by atoms with Gasteiger partial charge in [0.1, 0.15) is 0 Å². The Bertz CT molecular complexity index is 1630. The molecule has 0 bridgehead atoms. The fourth-order valence-electron chi connectivity index (χ4n) is 4.61. The molecule has 0 saturated carbocycles. The van der Waals surface area contributed by atoms with Crippen molar-refractivity contribution in [2.45, 2.75) is 38.3 Å². The maximum atomic E-state index is 14.8. The van der Waals surface area contributed by atoms with Crippen LogP contribution in [0, 0.1) is 11.6 Å². The van der Waals surface area contributed by atoms with Gasteiger partial charge in [-0.25, -0.2) is 14.4 Å². The summed E-state index contributed by atoms with van der Waals surface area (Å²) in [6.07, 6.45) is 5.10. The molecule has 0 aliphatic heterocycles. The van der Waals surface area contributed by atoms with E-state index in [4.69, 9.17) is 16.2 Å². The number of aliphatic hydroxyl groups excluding tert-OH is 1. The lowest BCUT2D eigenvalue weighted by atomic mass is 10.0. The summed E-state index contributed by atoms with van der Waals surface area (Å²) in [5.74, 6) is -2.76. The first-order valence-corrected chi connectivity index (χ1v) is 14.1. The molecule has 8 N–H and O–H groups in total. The van der Waals surface area contributed by atoms with Crippen molar-refractivity contribution in [3.8, 4) is 17.0 Å². The monoisotopic (exact) mass is 610 g/mol. The van der Waals surface area contributed by atoms with Gasteiger partial charge in [0.2, 0.25) is 11.7 Å². The van der Waals surface area contributed by atoms with Crippen molar-refractivity contribution < 1.29 is 28.2 Å². The average molecular weight is 611 g/mol. The summed E-state index contributed by atoms with van der Waals surface area (Å²) < 4.78 is 35.6. The molecule has 234 valence electrons. The number of amides is 2. The topological polar surface area (TPSA) is 182 Å². The van der Waals surface area contributed by atoms with Crippen LogP contribution in [0.25, 0.3) is 16.9 Å². The smallest absolute Gasteiger partial charge is 0.251 e. The lowest BCUT2D eigenvalue weighted by Gasteiger charge is -2.16. The Balaban J connectivity index is 1.43. The second kappa shape index (κ2) is 14.7. The molecule has 44 heavy (non-hydrogen) atoms. The summed E-state index contributed by atoms with van der Waals surface area (Å²) in [5.41, 5.74) is 13.7. The van der Waals surface area contributed by atoms with Crippen LogP contribution in [0.4, 0.5) is 20.3 Å². The fourth-order valence-corrected chi connectivity index (χ4v) is 4.61. The maximum Gasteiger partial charge on any atom is 0.251 e. The molecule has 0 aliphatic carbocycles. The molecule has 0 unspecified atom stereocenters. The van der Waals surface area contributed by atoms with Crippen LogP contribution in [0.15, 0.2) is 48.9 Å². The van der Waals surface area contributed by atoms with Gasteiger partial charge in [-0.15, -0.1) is 0 Å². The minimum absolute atomic E-state index is 0.00942. The Morgan fingerprint density at radius 2 is 1.89 bits per heavy atom. The number of hydrogen-bond acceptors (Lipinski definition) is 9. The number of aliphatic hydroxyl groups is 1. The number of ether oxygens (including phenoxy) is 1. The second-order valence-electron chi connectivity index (χ2n) is 10.1. The predicted molar refractivity (Wildman–Crippen MR) is 162 cm³/mol. The molecule has 0 radical (unpaired) electrons. The van der Waals surface area contributed by atoms with Crippen LogP contribution in [0.2, 0.25) is 0 Å². The van der Waals surface area contributed by atoms with Gasteiger partial charge in [0.05, 0.1) is 31.1 Å². The molecule has 2 amide bonds. The largest absolute Gasteiger partial charge is 0.494 e. The molecule has 2 atom stereocenters. The third kappa shape index (κ3) is 7.27. The number of fused-ring (bicyclic) bond motifs is 1. The van der Waals surface area contributed by atoms with E-state index >= 15 is 0 Å². The molecule has 2 aromatic carbocycles. The van der Waals surface area contributed by atoms with Crippen molar-refractivity contribution in [1.82, 2.24) is 25.0 Å². The molecule has 0 aliphatic rings. The lowest BCUT2D eigenvalue weighted by Crippen LogP contribution is -2.46. The first-order valence-electron chi connectivity index (χ1n) is 14.1. The Hall–Kier alpha value is -4.66. The molecular formula is C30H36F2N8O4. The van der Waals surface area contributed by atoms with Gasteiger partial charge in [-0.1, -0.05) is 6.92 Å². The molecule has 0 spiro atoms. The third-order valence-corrected chi connectivity index (χ3v) is 7.03. The summed E-state index contributed by atoms with van der Waals surface area (Å²) in [5, 5.41) is 18.7. The molecule has 14 heteroatoms. The van der Waals surface area contributed by atoms with Gasteiger partial charge in [0.15, 0.2) is 23.0 Å². The maximum absolute atomic E-state index is 14.8. The van der Waals surface area contributed by atoms with E-state index in [2.05, 4.69) is 25.9 Å². The minimum Gasteiger partial charge on any atom is -0.494 e. The zero-order valence-electron chi connectivity index (χ0n) is 24.4. The number of carbonyl (C=O) groups is 2. The van der Waals surface area contributed by atoms with E-state index in [0.717, 1.165) is 5.56 Å². The van der Waals surface area contributed by atoms with Crippen LogP contribution in [-0.4, -0.2) is 70.2 Å². The number of aryl methyl sites for hydroxylation is 1. The summed E-state index contributed by atoms with van der Waals surface area (Å²) in [6, 6.07) is 7.19. The Kier molecular flexibility index (Phi) is 10.8. The van der Waals surface area contributed by atoms with E-state index in [9.17, 15) is 23.5 Å². The number of carbonyl (C=O) groups excluding carboxylic acids is 2. The average Bonchev–Trinajstić information content (AvgIpc) is 3.47. The number of benzene rings is 2. The Morgan fingerprint density at radius 3 is 2.61 bits per heavy atom. The SMILES string of the molecule is CCc1cc(Nc2nccn3c(-c4ccc(OC)c(F)c4F)cnc23)ccc1C(=O)NC[C@@H](O)CNC(=O)[C@H](N)CCCN. The van der Waals surface area contributed by atoms with Crippen LogP contribution in [0.1, 0.15) is 35.7 Å². The van der Waals surface area contributed by atoms with Crippen molar-refractivity contribution >= 4 is 29.0 Å². The van der Waals surface area contributed by atoms with Crippen molar-refractivity contribution in [2.75, 3.05) is 32.1 Å². The zero-order chi connectivity index (χ0) is 31.8. The molecular weight excluding hydrogens is 574 g/mol. The number of methoxy groups -OCH3 is 1. The first-order chi connectivity index (χ1) is 21.2. The summed E-state index contributed by atoms with van der Waals surface area (Å²) >= 11 is 0. The van der Waals surface area contributed by atoms with Crippen molar-refractivity contribution in [1.29, 1.82) is 0 Å². The summed E-state index contributed by atoms with van der Waals surface area (Å²) in [7, 11) is 1.26. The Labute approximate surface area is 252 Å². The molecule has 2 aromatic heterocycles. The van der Waals surface area contributed by atoms with E-state index in [-0.39, 0.29) is 30.3 Å². The Morgan fingerprint density at radius 1 is 1.11 bits per heavy atom. The minimum atomic E-state index is -1.09. The highest BCUT2D eigenvalue weighted by Gasteiger charge is 2.20. The standard InChI is InChI=1S/C30H36F2N8O4/c1-3-17-13-18(6-7-20(17)29(42)37-14-19(41)15-38-30(43)22(34)5-4-10-33)39-27-28-36-16-23(40(28)12-11-35-27)21-8-9-24(44-2)26(32)25(21)31/h6-9,11-13,16,19,22,41H,3-5,10,14-15,33-34H2,1-2H3,(H,35,39)(H,37,42)(H,38,43)/t19-,22-/m1/s1. The van der Waals surface area contributed by atoms with E-state index < -0.39 is 29.7 Å². The van der Waals surface area contributed by atoms with E-state index in [1.165, 1.54) is 31.6 Å². The number of aromatic nitrogens is 3. The molecule has 12 nitrogen and oxygen atoms in total. The molecule has 4 rings (SSSR count). The number of imidazole rings is 1. The second-order valence-corrected chi connectivity index (χ2v) is 10.1. The number of hydrogen-bond donors (Lipinski definition) is 6. The van der Waals surface area contributed by atoms with Crippen LogP contribution in [0.3, 0.4) is 0 Å². The van der Waals surface area contributed by atoms with E-state index in [1.54, 1.807) is 28.8 Å². The number of nitrogens with one attached hydrogen (secondary N) is 3. The highest BCUT2D eigenvalue weighted by Crippen LogP contribution is 2.31. The zero-order valence-corrected chi connectivity index (χ0v) is 24.4. The van der Waals surface area contributed by atoms with Gasteiger partial charge in [-0.2, -0.15) is 4.39 Å². The highest BCUT2D eigenvalue weighted by atomic mass is 19.2. The lowest BCUT2D eigenvalue weighted by molar-refractivity contribution is -0.122.